The van der Waals surface area contributed by atoms with Gasteiger partial charge in [-0.3, -0.25) is 10.1 Å². The van der Waals surface area contributed by atoms with E-state index in [0.29, 0.717) is 17.9 Å². The van der Waals surface area contributed by atoms with Gasteiger partial charge in [0, 0.05) is 0 Å². The first-order valence-electron chi connectivity index (χ1n) is 5.41. The van der Waals surface area contributed by atoms with E-state index < -0.39 is 12.0 Å². The lowest BCUT2D eigenvalue weighted by atomic mass is 10.1. The molecule has 2 N–H and O–H groups in total. The fraction of sp³-hybridized carbons (Fsp3) is 0.154. The Hall–Kier alpha value is -1.59. The third-order valence-electron chi connectivity index (χ3n) is 2.54. The fourth-order valence-corrected chi connectivity index (χ4v) is 1.98. The van der Waals surface area contributed by atoms with Crippen LogP contribution in [0.3, 0.4) is 0 Å². The van der Waals surface area contributed by atoms with Gasteiger partial charge in [0.2, 0.25) is 0 Å². The van der Waals surface area contributed by atoms with Crippen LogP contribution in [0.4, 0.5) is 0 Å². The zero-order valence-corrected chi connectivity index (χ0v) is 11.1. The average Bonchev–Trinajstić information content (AvgIpc) is 2.76. The molecule has 2 rings (SSSR count). The highest BCUT2D eigenvalue weighted by Crippen LogP contribution is 2.19. The highest BCUT2D eigenvalue weighted by Gasteiger charge is 2.19. The molecule has 0 spiro atoms. The van der Waals surface area contributed by atoms with Gasteiger partial charge in [0.1, 0.15) is 11.8 Å². The van der Waals surface area contributed by atoms with Gasteiger partial charge in [0.15, 0.2) is 0 Å². The first-order valence-corrected chi connectivity index (χ1v) is 6.21. The normalized spacial score (nSPS) is 12.3. The molecule has 94 valence electrons. The number of furan rings is 1. The van der Waals surface area contributed by atoms with Crippen LogP contribution >= 0.6 is 15.9 Å². The standard InChI is InChI=1S/C13H12BrNO3/c14-10-6-7-18-11(10)8-15-12(13(16)17)9-4-2-1-3-5-9/h1-7,12,15H,8H2,(H,16,17). The Labute approximate surface area is 113 Å². The Morgan fingerprint density at radius 2 is 2.06 bits per heavy atom. The van der Waals surface area contributed by atoms with Crippen LogP contribution in [0.15, 0.2) is 51.6 Å². The Balaban J connectivity index is 2.09. The van der Waals surface area contributed by atoms with Crippen molar-refractivity contribution in [3.8, 4) is 0 Å². The number of benzene rings is 1. The molecular weight excluding hydrogens is 298 g/mol. The quantitative estimate of drug-likeness (QED) is 0.891. The van der Waals surface area contributed by atoms with Crippen LogP contribution in [-0.4, -0.2) is 11.1 Å². The maximum Gasteiger partial charge on any atom is 0.325 e. The average molecular weight is 310 g/mol. The second kappa shape index (κ2) is 5.84. The zero-order valence-electron chi connectivity index (χ0n) is 9.47. The minimum Gasteiger partial charge on any atom is -0.480 e. The molecule has 0 fully saturated rings. The number of carbonyl (C=O) groups is 1. The summed E-state index contributed by atoms with van der Waals surface area (Å²) >= 11 is 3.33. The van der Waals surface area contributed by atoms with Crippen molar-refractivity contribution in [2.45, 2.75) is 12.6 Å². The summed E-state index contributed by atoms with van der Waals surface area (Å²) in [5.41, 5.74) is 0.715. The van der Waals surface area contributed by atoms with Gasteiger partial charge in [0.25, 0.3) is 0 Å². The van der Waals surface area contributed by atoms with Crippen molar-refractivity contribution in [3.05, 3.63) is 58.5 Å². The van der Waals surface area contributed by atoms with E-state index in [2.05, 4.69) is 21.2 Å². The summed E-state index contributed by atoms with van der Waals surface area (Å²) in [7, 11) is 0. The number of hydrogen-bond donors (Lipinski definition) is 2. The van der Waals surface area contributed by atoms with Gasteiger partial charge in [-0.25, -0.2) is 0 Å². The number of hydrogen-bond acceptors (Lipinski definition) is 3. The van der Waals surface area contributed by atoms with Crippen molar-refractivity contribution in [1.82, 2.24) is 5.32 Å². The predicted molar refractivity (Wildman–Crippen MR) is 70.1 cm³/mol. The van der Waals surface area contributed by atoms with Gasteiger partial charge in [-0.15, -0.1) is 0 Å². The second-order valence-electron chi connectivity index (χ2n) is 3.75. The molecule has 1 atom stereocenters. The van der Waals surface area contributed by atoms with Crippen LogP contribution in [0.5, 0.6) is 0 Å². The Morgan fingerprint density at radius 3 is 2.61 bits per heavy atom. The molecule has 2 aromatic rings. The third-order valence-corrected chi connectivity index (χ3v) is 3.24. The smallest absolute Gasteiger partial charge is 0.325 e. The molecule has 5 heteroatoms. The molecule has 0 aliphatic heterocycles. The summed E-state index contributed by atoms with van der Waals surface area (Å²) in [4.78, 5) is 11.2. The Bertz CT molecular complexity index is 524. The predicted octanol–water partition coefficient (Wildman–Crippen LogP) is 2.96. The van der Waals surface area contributed by atoms with Crippen LogP contribution in [0.2, 0.25) is 0 Å². The van der Waals surface area contributed by atoms with Crippen molar-refractivity contribution in [1.29, 1.82) is 0 Å². The Kier molecular flexibility index (Phi) is 4.17. The summed E-state index contributed by atoms with van der Waals surface area (Å²) in [5.74, 6) is -0.235. The molecule has 0 aliphatic rings. The lowest BCUT2D eigenvalue weighted by Gasteiger charge is -2.13. The van der Waals surface area contributed by atoms with Crippen LogP contribution in [0.25, 0.3) is 0 Å². The van der Waals surface area contributed by atoms with Gasteiger partial charge >= 0.3 is 5.97 Å². The molecule has 1 aromatic heterocycles. The van der Waals surface area contributed by atoms with Crippen LogP contribution in [0, 0.1) is 0 Å². The summed E-state index contributed by atoms with van der Waals surface area (Å²) in [6.07, 6.45) is 1.55. The van der Waals surface area contributed by atoms with E-state index in [1.807, 2.05) is 18.2 Å². The number of nitrogens with one attached hydrogen (secondary N) is 1. The number of aliphatic carboxylic acids is 1. The molecule has 1 unspecified atom stereocenters. The summed E-state index contributed by atoms with van der Waals surface area (Å²) in [6, 6.07) is 10.1. The van der Waals surface area contributed by atoms with Crippen molar-refractivity contribution in [2.75, 3.05) is 0 Å². The van der Waals surface area contributed by atoms with Gasteiger partial charge in [-0.2, -0.15) is 0 Å². The molecule has 0 saturated heterocycles. The van der Waals surface area contributed by atoms with Gasteiger partial charge < -0.3 is 9.52 Å². The van der Waals surface area contributed by atoms with Crippen molar-refractivity contribution in [2.24, 2.45) is 0 Å². The fourth-order valence-electron chi connectivity index (χ4n) is 1.64. The van der Waals surface area contributed by atoms with Crippen molar-refractivity contribution < 1.29 is 14.3 Å². The second-order valence-corrected chi connectivity index (χ2v) is 4.61. The van der Waals surface area contributed by atoms with E-state index in [1.54, 1.807) is 24.5 Å². The SMILES string of the molecule is O=C(O)C(NCc1occc1Br)c1ccccc1. The molecule has 4 nitrogen and oxygen atoms in total. The zero-order chi connectivity index (χ0) is 13.0. The number of rotatable bonds is 5. The maximum atomic E-state index is 11.2. The molecule has 1 aromatic carbocycles. The van der Waals surface area contributed by atoms with E-state index in [4.69, 9.17) is 4.42 Å². The number of carboxylic acid groups (broad SMARTS) is 1. The van der Waals surface area contributed by atoms with Crippen LogP contribution in [0.1, 0.15) is 17.4 Å². The minimum atomic E-state index is -0.913. The summed E-state index contributed by atoms with van der Waals surface area (Å²) in [6.45, 7) is 0.347. The summed E-state index contributed by atoms with van der Waals surface area (Å²) < 4.78 is 6.05. The molecule has 0 bridgehead atoms. The molecule has 1 heterocycles. The molecular formula is C13H12BrNO3. The molecule has 0 aliphatic carbocycles. The van der Waals surface area contributed by atoms with Gasteiger partial charge in [-0.05, 0) is 27.6 Å². The molecule has 0 saturated carbocycles. The maximum absolute atomic E-state index is 11.2. The Morgan fingerprint density at radius 1 is 1.33 bits per heavy atom. The van der Waals surface area contributed by atoms with Crippen molar-refractivity contribution in [3.63, 3.8) is 0 Å². The van der Waals surface area contributed by atoms with Crippen LogP contribution in [-0.2, 0) is 11.3 Å². The lowest BCUT2D eigenvalue weighted by Crippen LogP contribution is -2.28. The van der Waals surface area contributed by atoms with E-state index in [1.165, 1.54) is 0 Å². The van der Waals surface area contributed by atoms with E-state index in [9.17, 15) is 9.90 Å². The topological polar surface area (TPSA) is 62.5 Å². The van der Waals surface area contributed by atoms with E-state index in [-0.39, 0.29) is 0 Å². The van der Waals surface area contributed by atoms with Gasteiger partial charge in [-0.1, -0.05) is 30.3 Å². The van der Waals surface area contributed by atoms with E-state index in [0.717, 1.165) is 4.47 Å². The number of halogens is 1. The minimum absolute atomic E-state index is 0.347. The first kappa shape index (κ1) is 12.9. The monoisotopic (exact) mass is 309 g/mol. The highest BCUT2D eigenvalue weighted by molar-refractivity contribution is 9.10. The highest BCUT2D eigenvalue weighted by atomic mass is 79.9. The van der Waals surface area contributed by atoms with Crippen LogP contribution < -0.4 is 5.32 Å². The van der Waals surface area contributed by atoms with Gasteiger partial charge in [0.05, 0.1) is 17.3 Å². The molecule has 18 heavy (non-hydrogen) atoms. The van der Waals surface area contributed by atoms with E-state index >= 15 is 0 Å². The lowest BCUT2D eigenvalue weighted by molar-refractivity contribution is -0.139. The molecule has 0 radical (unpaired) electrons. The largest absolute Gasteiger partial charge is 0.480 e. The third kappa shape index (κ3) is 3.00. The number of carboxylic acids is 1. The summed E-state index contributed by atoms with van der Waals surface area (Å²) in [5, 5.41) is 12.2. The molecule has 0 amide bonds. The first-order chi connectivity index (χ1) is 8.68. The van der Waals surface area contributed by atoms with Crippen molar-refractivity contribution >= 4 is 21.9 Å².